The third kappa shape index (κ3) is 3.17. The summed E-state index contributed by atoms with van der Waals surface area (Å²) in [6.07, 6.45) is 0.983. The first-order chi connectivity index (χ1) is 13.1. The van der Waals surface area contributed by atoms with Crippen molar-refractivity contribution < 1.29 is 19.1 Å². The van der Waals surface area contributed by atoms with Crippen LogP contribution < -0.4 is 10.1 Å². The molecule has 6 heteroatoms. The molecule has 0 amide bonds. The molecule has 0 saturated heterocycles. The SMILES string of the molecule is CCCNc1cc(Br)ccc1Oc1ccc2c3c(cccc13)C(=O)OC2=O. The lowest BCUT2D eigenvalue weighted by Crippen LogP contribution is -2.19. The van der Waals surface area contributed by atoms with E-state index >= 15 is 0 Å². The molecule has 1 aliphatic rings. The van der Waals surface area contributed by atoms with Crippen LogP contribution in [-0.2, 0) is 4.74 Å². The molecule has 0 saturated carbocycles. The van der Waals surface area contributed by atoms with Gasteiger partial charge in [0.05, 0.1) is 16.8 Å². The summed E-state index contributed by atoms with van der Waals surface area (Å²) in [5.41, 5.74) is 1.60. The van der Waals surface area contributed by atoms with E-state index in [9.17, 15) is 9.59 Å². The largest absolute Gasteiger partial charge is 0.455 e. The molecule has 4 rings (SSSR count). The molecule has 0 unspecified atom stereocenters. The number of esters is 2. The van der Waals surface area contributed by atoms with Crippen molar-refractivity contribution >= 4 is 44.3 Å². The van der Waals surface area contributed by atoms with E-state index in [1.54, 1.807) is 24.3 Å². The third-order valence-corrected chi connectivity index (χ3v) is 4.85. The predicted octanol–water partition coefficient (Wildman–Crippen LogP) is 5.53. The Morgan fingerprint density at radius 1 is 1.00 bits per heavy atom. The molecule has 0 radical (unpaired) electrons. The topological polar surface area (TPSA) is 64.6 Å². The Morgan fingerprint density at radius 2 is 1.74 bits per heavy atom. The van der Waals surface area contributed by atoms with Gasteiger partial charge in [-0.3, -0.25) is 0 Å². The molecule has 1 heterocycles. The summed E-state index contributed by atoms with van der Waals surface area (Å²) in [7, 11) is 0. The average Bonchev–Trinajstić information content (AvgIpc) is 2.66. The predicted molar refractivity (Wildman–Crippen MR) is 107 cm³/mol. The molecule has 0 aromatic heterocycles. The van der Waals surface area contributed by atoms with E-state index in [-0.39, 0.29) is 0 Å². The van der Waals surface area contributed by atoms with Gasteiger partial charge in [0.2, 0.25) is 0 Å². The van der Waals surface area contributed by atoms with E-state index in [1.807, 2.05) is 24.3 Å². The van der Waals surface area contributed by atoms with Crippen LogP contribution in [0.1, 0.15) is 34.1 Å². The Labute approximate surface area is 164 Å². The standard InChI is InChI=1S/C21H16BrNO4/c1-2-10-23-16-11-12(22)6-8-18(16)26-17-9-7-15-19-13(17)4-3-5-14(19)20(24)27-21(15)25/h3-9,11,23H,2,10H2,1H3. The van der Waals surface area contributed by atoms with Crippen LogP contribution in [0, 0.1) is 0 Å². The van der Waals surface area contributed by atoms with Crippen molar-refractivity contribution in [2.45, 2.75) is 13.3 Å². The minimum Gasteiger partial charge on any atom is -0.455 e. The molecule has 1 aliphatic heterocycles. The van der Waals surface area contributed by atoms with Crippen LogP contribution in [0.4, 0.5) is 5.69 Å². The van der Waals surface area contributed by atoms with Crippen LogP contribution in [-0.4, -0.2) is 18.5 Å². The molecule has 0 spiro atoms. The fraction of sp³-hybridized carbons (Fsp3) is 0.143. The van der Waals surface area contributed by atoms with Crippen LogP contribution in [0.25, 0.3) is 10.8 Å². The lowest BCUT2D eigenvalue weighted by molar-refractivity contribution is 0.0391. The highest BCUT2D eigenvalue weighted by atomic mass is 79.9. The van der Waals surface area contributed by atoms with Crippen molar-refractivity contribution in [2.24, 2.45) is 0 Å². The molecule has 5 nitrogen and oxygen atoms in total. The second-order valence-electron chi connectivity index (χ2n) is 6.19. The van der Waals surface area contributed by atoms with Gasteiger partial charge in [0.15, 0.2) is 5.75 Å². The maximum Gasteiger partial charge on any atom is 0.346 e. The molecule has 27 heavy (non-hydrogen) atoms. The molecule has 0 bridgehead atoms. The lowest BCUT2D eigenvalue weighted by atomic mass is 9.96. The van der Waals surface area contributed by atoms with Crippen LogP contribution in [0.2, 0.25) is 0 Å². The number of carbonyl (C=O) groups is 2. The van der Waals surface area contributed by atoms with Crippen molar-refractivity contribution in [1.29, 1.82) is 0 Å². The molecule has 3 aromatic carbocycles. The number of anilines is 1. The number of hydrogen-bond acceptors (Lipinski definition) is 5. The van der Waals surface area contributed by atoms with E-state index in [0.29, 0.717) is 33.4 Å². The first kappa shape index (κ1) is 17.5. The van der Waals surface area contributed by atoms with E-state index < -0.39 is 11.9 Å². The van der Waals surface area contributed by atoms with Gasteiger partial charge < -0.3 is 14.8 Å². The molecular formula is C21H16BrNO4. The van der Waals surface area contributed by atoms with Crippen molar-refractivity contribution in [2.75, 3.05) is 11.9 Å². The van der Waals surface area contributed by atoms with E-state index in [1.165, 1.54) is 0 Å². The monoisotopic (exact) mass is 425 g/mol. The van der Waals surface area contributed by atoms with Gasteiger partial charge in [-0.15, -0.1) is 0 Å². The Balaban J connectivity index is 1.82. The molecule has 3 aromatic rings. The fourth-order valence-electron chi connectivity index (χ4n) is 3.11. The minimum atomic E-state index is -0.635. The van der Waals surface area contributed by atoms with Crippen LogP contribution in [0.5, 0.6) is 11.5 Å². The van der Waals surface area contributed by atoms with Gasteiger partial charge in [-0.05, 0) is 42.8 Å². The summed E-state index contributed by atoms with van der Waals surface area (Å²) in [6.45, 7) is 2.91. The average molecular weight is 426 g/mol. The molecule has 1 N–H and O–H groups in total. The summed E-state index contributed by atoms with van der Waals surface area (Å²) in [6, 6.07) is 14.3. The van der Waals surface area contributed by atoms with Crippen molar-refractivity contribution in [3.63, 3.8) is 0 Å². The highest BCUT2D eigenvalue weighted by Gasteiger charge is 2.28. The fourth-order valence-corrected chi connectivity index (χ4v) is 3.47. The smallest absolute Gasteiger partial charge is 0.346 e. The number of nitrogens with one attached hydrogen (secondary N) is 1. The maximum absolute atomic E-state index is 12.1. The molecule has 0 fully saturated rings. The van der Waals surface area contributed by atoms with Gasteiger partial charge in [-0.25, -0.2) is 9.59 Å². The minimum absolute atomic E-state index is 0.368. The van der Waals surface area contributed by atoms with Crippen LogP contribution >= 0.6 is 15.9 Å². The maximum atomic E-state index is 12.1. The summed E-state index contributed by atoms with van der Waals surface area (Å²) in [5.74, 6) is -0.0366. The summed E-state index contributed by atoms with van der Waals surface area (Å²) in [4.78, 5) is 24.1. The van der Waals surface area contributed by atoms with Crippen LogP contribution in [0.15, 0.2) is 53.0 Å². The number of hydrogen-bond donors (Lipinski definition) is 1. The van der Waals surface area contributed by atoms with Gasteiger partial charge in [0, 0.05) is 21.8 Å². The zero-order valence-corrected chi connectivity index (χ0v) is 16.1. The highest BCUT2D eigenvalue weighted by Crippen LogP contribution is 2.39. The van der Waals surface area contributed by atoms with Gasteiger partial charge in [0.1, 0.15) is 5.75 Å². The lowest BCUT2D eigenvalue weighted by Gasteiger charge is -2.18. The van der Waals surface area contributed by atoms with Gasteiger partial charge in [-0.2, -0.15) is 0 Å². The number of carbonyl (C=O) groups excluding carboxylic acids is 2. The highest BCUT2D eigenvalue weighted by molar-refractivity contribution is 9.10. The molecule has 0 aliphatic carbocycles. The molecule has 0 atom stereocenters. The summed E-state index contributed by atoms with van der Waals surface area (Å²) < 4.78 is 11.9. The normalized spacial score (nSPS) is 12.8. The Kier molecular flexibility index (Phi) is 4.58. The first-order valence-electron chi connectivity index (χ1n) is 8.62. The van der Waals surface area contributed by atoms with Crippen LogP contribution in [0.3, 0.4) is 0 Å². The van der Waals surface area contributed by atoms with Gasteiger partial charge >= 0.3 is 11.9 Å². The van der Waals surface area contributed by atoms with E-state index in [2.05, 4.69) is 28.2 Å². The van der Waals surface area contributed by atoms with Gasteiger partial charge in [0.25, 0.3) is 0 Å². The summed E-state index contributed by atoms with van der Waals surface area (Å²) >= 11 is 3.48. The number of halogens is 1. The third-order valence-electron chi connectivity index (χ3n) is 4.35. The number of rotatable bonds is 5. The number of cyclic esters (lactones) is 2. The zero-order valence-electron chi connectivity index (χ0n) is 14.5. The van der Waals surface area contributed by atoms with Crippen molar-refractivity contribution in [3.05, 3.63) is 64.1 Å². The molecular weight excluding hydrogens is 410 g/mol. The van der Waals surface area contributed by atoms with Gasteiger partial charge in [-0.1, -0.05) is 35.0 Å². The number of benzene rings is 3. The number of ether oxygens (including phenoxy) is 2. The summed E-state index contributed by atoms with van der Waals surface area (Å²) in [5, 5.41) is 4.61. The quantitative estimate of drug-likeness (QED) is 0.430. The van der Waals surface area contributed by atoms with E-state index in [4.69, 9.17) is 9.47 Å². The Morgan fingerprint density at radius 3 is 2.52 bits per heavy atom. The zero-order chi connectivity index (χ0) is 19.0. The second-order valence-corrected chi connectivity index (χ2v) is 7.10. The second kappa shape index (κ2) is 7.04. The first-order valence-corrected chi connectivity index (χ1v) is 9.41. The Bertz CT molecular complexity index is 1060. The Hall–Kier alpha value is -2.86. The van der Waals surface area contributed by atoms with E-state index in [0.717, 1.165) is 23.1 Å². The van der Waals surface area contributed by atoms with Crippen molar-refractivity contribution in [1.82, 2.24) is 0 Å². The van der Waals surface area contributed by atoms with Crippen molar-refractivity contribution in [3.8, 4) is 11.5 Å². The molecule has 136 valence electrons.